The molecule has 3 N–H and O–H groups in total. The second-order valence-corrected chi connectivity index (χ2v) is 5.16. The van der Waals surface area contributed by atoms with Gasteiger partial charge in [-0.2, -0.15) is 0 Å². The first-order valence-corrected chi connectivity index (χ1v) is 6.92. The molecule has 0 heterocycles. The number of benzene rings is 2. The highest BCUT2D eigenvalue weighted by molar-refractivity contribution is 6.36. The Labute approximate surface area is 132 Å². The highest BCUT2D eigenvalue weighted by Gasteiger charge is 2.23. The summed E-state index contributed by atoms with van der Waals surface area (Å²) in [6, 6.07) is 11.3. The number of halogens is 2. The Morgan fingerprint density at radius 2 is 1.81 bits per heavy atom. The van der Waals surface area contributed by atoms with Gasteiger partial charge < -0.3 is 15.8 Å². The summed E-state index contributed by atoms with van der Waals surface area (Å²) in [6.45, 7) is 0. The lowest BCUT2D eigenvalue weighted by atomic mass is 10.1. The van der Waals surface area contributed by atoms with E-state index < -0.39 is 11.9 Å². The number of ether oxygens (including phenoxy) is 1. The number of hydrogen-bond donors (Lipinski definition) is 2. The van der Waals surface area contributed by atoms with Crippen LogP contribution in [0.2, 0.25) is 10.0 Å². The fourth-order valence-corrected chi connectivity index (χ4v) is 2.57. The molecule has 0 radical (unpaired) electrons. The molecular weight excluding hydrogens is 311 g/mol. The highest BCUT2D eigenvalue weighted by Crippen LogP contribution is 2.32. The van der Waals surface area contributed by atoms with Crippen LogP contribution in [0.25, 0.3) is 0 Å². The van der Waals surface area contributed by atoms with Crippen LogP contribution >= 0.6 is 23.2 Å². The number of amides is 1. The predicted octanol–water partition coefficient (Wildman–Crippen LogP) is 3.64. The minimum atomic E-state index is -0.835. The van der Waals surface area contributed by atoms with Gasteiger partial charge in [0.15, 0.2) is 0 Å². The summed E-state index contributed by atoms with van der Waals surface area (Å²) in [6.07, 6.45) is 0. The average Bonchev–Trinajstić information content (AvgIpc) is 2.46. The van der Waals surface area contributed by atoms with E-state index in [1.165, 1.54) is 0 Å². The quantitative estimate of drug-likeness (QED) is 0.882. The average molecular weight is 325 g/mol. The number of carbonyl (C=O) groups excluding carboxylic acids is 1. The van der Waals surface area contributed by atoms with Crippen molar-refractivity contribution in [2.24, 2.45) is 5.73 Å². The summed E-state index contributed by atoms with van der Waals surface area (Å²) in [5.74, 6) is 0.0845. The minimum Gasteiger partial charge on any atom is -0.497 e. The van der Waals surface area contributed by atoms with Crippen molar-refractivity contribution in [2.45, 2.75) is 6.04 Å². The van der Waals surface area contributed by atoms with Crippen molar-refractivity contribution in [1.82, 2.24) is 0 Å². The molecule has 21 heavy (non-hydrogen) atoms. The van der Waals surface area contributed by atoms with Crippen LogP contribution in [0, 0.1) is 0 Å². The molecule has 0 aliphatic rings. The van der Waals surface area contributed by atoms with Gasteiger partial charge in [0.2, 0.25) is 5.91 Å². The van der Waals surface area contributed by atoms with Gasteiger partial charge in [-0.1, -0.05) is 35.3 Å². The molecule has 0 fully saturated rings. The van der Waals surface area contributed by atoms with Gasteiger partial charge in [-0.15, -0.1) is 0 Å². The number of nitrogens with one attached hydrogen (secondary N) is 1. The summed E-state index contributed by atoms with van der Waals surface area (Å²) in [5, 5.41) is 3.78. The monoisotopic (exact) mass is 324 g/mol. The molecule has 0 saturated carbocycles. The largest absolute Gasteiger partial charge is 0.497 e. The molecule has 0 spiro atoms. The van der Waals surface area contributed by atoms with Gasteiger partial charge in [0, 0.05) is 27.4 Å². The molecule has 0 aliphatic carbocycles. The Hall–Kier alpha value is -1.91. The fourth-order valence-electron chi connectivity index (χ4n) is 1.95. The van der Waals surface area contributed by atoms with Gasteiger partial charge in [-0.05, 0) is 24.3 Å². The van der Waals surface area contributed by atoms with Crippen LogP contribution in [-0.4, -0.2) is 13.0 Å². The van der Waals surface area contributed by atoms with Gasteiger partial charge in [0.1, 0.15) is 11.8 Å². The van der Waals surface area contributed by atoms with Crippen LogP contribution in [0.15, 0.2) is 42.5 Å². The standard InChI is InChI=1S/C15H14Cl2N2O2/c1-21-10-5-2-4-9(8-10)19-14(15(18)20)13-11(16)6-3-7-12(13)17/h2-8,14,19H,1H3,(H2,18,20). The third-order valence-corrected chi connectivity index (χ3v) is 3.61. The molecule has 2 aromatic carbocycles. The molecule has 1 unspecified atom stereocenters. The molecular formula is C15H14Cl2N2O2. The summed E-state index contributed by atoms with van der Waals surface area (Å²) in [7, 11) is 1.57. The van der Waals surface area contributed by atoms with Crippen LogP contribution in [0.1, 0.15) is 11.6 Å². The van der Waals surface area contributed by atoms with E-state index in [9.17, 15) is 4.79 Å². The molecule has 0 aliphatic heterocycles. The topological polar surface area (TPSA) is 64.3 Å². The molecule has 0 saturated heterocycles. The molecule has 1 amide bonds. The molecule has 2 rings (SSSR count). The van der Waals surface area contributed by atoms with Gasteiger partial charge in [0.25, 0.3) is 0 Å². The SMILES string of the molecule is COc1cccc(NC(C(N)=O)c2c(Cl)cccc2Cl)c1. The fraction of sp³-hybridized carbons (Fsp3) is 0.133. The maximum Gasteiger partial charge on any atom is 0.244 e. The van der Waals surface area contributed by atoms with Crippen molar-refractivity contribution in [3.8, 4) is 5.75 Å². The lowest BCUT2D eigenvalue weighted by molar-refractivity contribution is -0.118. The second kappa shape index (κ2) is 6.70. The van der Waals surface area contributed by atoms with E-state index >= 15 is 0 Å². The Bertz CT molecular complexity index is 642. The predicted molar refractivity (Wildman–Crippen MR) is 85.0 cm³/mol. The van der Waals surface area contributed by atoms with Crippen molar-refractivity contribution in [2.75, 3.05) is 12.4 Å². The van der Waals surface area contributed by atoms with Crippen molar-refractivity contribution in [3.05, 3.63) is 58.1 Å². The number of anilines is 1. The third kappa shape index (κ3) is 3.60. The van der Waals surface area contributed by atoms with Gasteiger partial charge in [0.05, 0.1) is 7.11 Å². The Balaban J connectivity index is 2.38. The molecule has 2 aromatic rings. The zero-order chi connectivity index (χ0) is 15.4. The van der Waals surface area contributed by atoms with Crippen LogP contribution in [0.4, 0.5) is 5.69 Å². The lowest BCUT2D eigenvalue weighted by Gasteiger charge is -2.20. The number of methoxy groups -OCH3 is 1. The number of nitrogens with two attached hydrogens (primary N) is 1. The first-order valence-electron chi connectivity index (χ1n) is 6.16. The maximum absolute atomic E-state index is 11.8. The molecule has 110 valence electrons. The van der Waals surface area contributed by atoms with E-state index in [-0.39, 0.29) is 0 Å². The minimum absolute atomic E-state index is 0.377. The van der Waals surface area contributed by atoms with E-state index in [1.807, 2.05) is 0 Å². The first kappa shape index (κ1) is 15.5. The molecule has 6 heteroatoms. The first-order chi connectivity index (χ1) is 10.0. The molecule has 0 aromatic heterocycles. The third-order valence-electron chi connectivity index (χ3n) is 2.95. The van der Waals surface area contributed by atoms with Crippen LogP contribution in [0.3, 0.4) is 0 Å². The van der Waals surface area contributed by atoms with E-state index in [1.54, 1.807) is 49.6 Å². The zero-order valence-electron chi connectivity index (χ0n) is 11.3. The molecule has 0 bridgehead atoms. The normalized spacial score (nSPS) is 11.8. The summed E-state index contributed by atoms with van der Waals surface area (Å²) in [4.78, 5) is 11.8. The van der Waals surface area contributed by atoms with Crippen LogP contribution < -0.4 is 15.8 Å². The van der Waals surface area contributed by atoms with Crippen LogP contribution in [0.5, 0.6) is 5.75 Å². The highest BCUT2D eigenvalue weighted by atomic mass is 35.5. The van der Waals surface area contributed by atoms with E-state index in [2.05, 4.69) is 5.32 Å². The number of carbonyl (C=O) groups is 1. The number of primary amides is 1. The summed E-state index contributed by atoms with van der Waals surface area (Å²) < 4.78 is 5.14. The van der Waals surface area contributed by atoms with Crippen LogP contribution in [-0.2, 0) is 4.79 Å². The lowest BCUT2D eigenvalue weighted by Crippen LogP contribution is -2.28. The molecule has 1 atom stereocenters. The molecule has 4 nitrogen and oxygen atoms in total. The van der Waals surface area contributed by atoms with Crippen molar-refractivity contribution in [1.29, 1.82) is 0 Å². The smallest absolute Gasteiger partial charge is 0.244 e. The van der Waals surface area contributed by atoms with Crippen molar-refractivity contribution in [3.63, 3.8) is 0 Å². The van der Waals surface area contributed by atoms with Crippen molar-refractivity contribution < 1.29 is 9.53 Å². The van der Waals surface area contributed by atoms with Gasteiger partial charge in [-0.3, -0.25) is 4.79 Å². The summed E-state index contributed by atoms with van der Waals surface area (Å²) in [5.41, 5.74) is 6.60. The van der Waals surface area contributed by atoms with Gasteiger partial charge >= 0.3 is 0 Å². The Kier molecular flexibility index (Phi) is 4.94. The number of rotatable bonds is 5. The summed E-state index contributed by atoms with van der Waals surface area (Å²) >= 11 is 12.3. The zero-order valence-corrected chi connectivity index (χ0v) is 12.8. The van der Waals surface area contributed by atoms with Gasteiger partial charge in [-0.25, -0.2) is 0 Å². The maximum atomic E-state index is 11.8. The van der Waals surface area contributed by atoms with E-state index in [0.29, 0.717) is 27.0 Å². The van der Waals surface area contributed by atoms with E-state index in [4.69, 9.17) is 33.7 Å². The van der Waals surface area contributed by atoms with Crippen molar-refractivity contribution >= 4 is 34.8 Å². The Morgan fingerprint density at radius 1 is 1.19 bits per heavy atom. The Morgan fingerprint density at radius 3 is 2.38 bits per heavy atom. The second-order valence-electron chi connectivity index (χ2n) is 4.35. The van der Waals surface area contributed by atoms with E-state index in [0.717, 1.165) is 0 Å². The number of hydrogen-bond acceptors (Lipinski definition) is 3.